The van der Waals surface area contributed by atoms with Gasteiger partial charge in [-0.25, -0.2) is 0 Å². The highest BCUT2D eigenvalue weighted by molar-refractivity contribution is 7.26. The van der Waals surface area contributed by atoms with Gasteiger partial charge in [-0.1, -0.05) is 72.8 Å². The highest BCUT2D eigenvalue weighted by atomic mass is 32.1. The van der Waals surface area contributed by atoms with Gasteiger partial charge in [-0.15, -0.1) is 11.3 Å². The number of hydrogen-bond acceptors (Lipinski definition) is 4. The van der Waals surface area contributed by atoms with E-state index in [-0.39, 0.29) is 0 Å². The van der Waals surface area contributed by atoms with E-state index < -0.39 is 0 Å². The molecule has 0 radical (unpaired) electrons. The Morgan fingerprint density at radius 3 is 1.76 bits per heavy atom. The van der Waals surface area contributed by atoms with Gasteiger partial charge in [0.1, 0.15) is 0 Å². The number of benzene rings is 6. The molecule has 7 rings (SSSR count). The van der Waals surface area contributed by atoms with E-state index in [0.29, 0.717) is 22.5 Å². The van der Waals surface area contributed by atoms with Gasteiger partial charge in [0.25, 0.3) is 0 Å². The van der Waals surface area contributed by atoms with Crippen LogP contribution in [0, 0.1) is 35.8 Å². The summed E-state index contributed by atoms with van der Waals surface area (Å²) in [7, 11) is 0. The SMILES string of the molecule is [C-]#[N+]c1ccc(-c2ccc(N(c3ccc(-c4cc(C#N)cc(C#N)c4)cc3)c3cccc4c3sc3ccccc34)cc2)cc1[N+]#[C-]. The molecule has 0 unspecified atom stereocenters. The number of fused-ring (bicyclic) bond motifs is 3. The molecule has 0 bridgehead atoms. The topological polar surface area (TPSA) is 59.5 Å². The van der Waals surface area contributed by atoms with E-state index in [1.165, 1.54) is 20.2 Å². The van der Waals surface area contributed by atoms with Crippen LogP contribution in [-0.4, -0.2) is 0 Å². The van der Waals surface area contributed by atoms with Crippen LogP contribution in [0.25, 0.3) is 52.1 Å². The van der Waals surface area contributed by atoms with Crippen molar-refractivity contribution in [2.75, 3.05) is 4.90 Å². The molecule has 0 N–H and O–H groups in total. The molecular weight excluding hydrogens is 583 g/mol. The van der Waals surface area contributed by atoms with Crippen molar-refractivity contribution in [2.45, 2.75) is 0 Å². The first kappa shape index (κ1) is 28.1. The lowest BCUT2D eigenvalue weighted by Gasteiger charge is -2.26. The maximum Gasteiger partial charge on any atom is 0.195 e. The molecule has 6 aromatic carbocycles. The summed E-state index contributed by atoms with van der Waals surface area (Å²) < 4.78 is 2.40. The van der Waals surface area contributed by atoms with Crippen LogP contribution in [0.5, 0.6) is 0 Å². The molecule has 1 heterocycles. The molecule has 7 aromatic rings. The molecule has 0 fully saturated rings. The zero-order valence-electron chi connectivity index (χ0n) is 24.3. The maximum absolute atomic E-state index is 9.49. The first-order valence-electron chi connectivity index (χ1n) is 14.4. The minimum Gasteiger partial charge on any atom is -0.309 e. The van der Waals surface area contributed by atoms with Gasteiger partial charge in [0.15, 0.2) is 11.4 Å². The summed E-state index contributed by atoms with van der Waals surface area (Å²) in [6.07, 6.45) is 0. The lowest BCUT2D eigenvalue weighted by molar-refractivity contribution is 1.30. The Balaban J connectivity index is 1.36. The molecule has 0 amide bonds. The molecule has 212 valence electrons. The Bertz CT molecular complexity index is 2430. The second-order valence-electron chi connectivity index (χ2n) is 10.6. The smallest absolute Gasteiger partial charge is 0.195 e. The van der Waals surface area contributed by atoms with Crippen LogP contribution in [0.2, 0.25) is 0 Å². The van der Waals surface area contributed by atoms with Crippen molar-refractivity contribution in [3.8, 4) is 34.4 Å². The van der Waals surface area contributed by atoms with Crippen LogP contribution in [-0.2, 0) is 0 Å². The van der Waals surface area contributed by atoms with Gasteiger partial charge < -0.3 is 4.90 Å². The van der Waals surface area contributed by atoms with E-state index in [2.05, 4.69) is 93.5 Å². The zero-order valence-corrected chi connectivity index (χ0v) is 25.1. The predicted octanol–water partition coefficient (Wildman–Crippen LogP) is 11.7. The largest absolute Gasteiger partial charge is 0.309 e. The number of nitriles is 2. The van der Waals surface area contributed by atoms with E-state index in [1.54, 1.807) is 41.7 Å². The van der Waals surface area contributed by atoms with E-state index in [9.17, 15) is 10.5 Å². The van der Waals surface area contributed by atoms with Crippen LogP contribution in [0.3, 0.4) is 0 Å². The molecule has 46 heavy (non-hydrogen) atoms. The maximum atomic E-state index is 9.49. The Morgan fingerprint density at radius 1 is 0.543 bits per heavy atom. The van der Waals surface area contributed by atoms with Crippen molar-refractivity contribution >= 4 is 59.9 Å². The summed E-state index contributed by atoms with van der Waals surface area (Å²) >= 11 is 1.77. The first-order chi connectivity index (χ1) is 22.6. The fourth-order valence-corrected chi connectivity index (χ4v) is 6.96. The summed E-state index contributed by atoms with van der Waals surface area (Å²) in [6.45, 7) is 14.8. The van der Waals surface area contributed by atoms with Crippen LogP contribution in [0.15, 0.2) is 127 Å². The fraction of sp³-hybridized carbons (Fsp3) is 0. The molecule has 5 nitrogen and oxygen atoms in total. The van der Waals surface area contributed by atoms with E-state index in [4.69, 9.17) is 13.1 Å². The number of hydrogen-bond donors (Lipinski definition) is 0. The van der Waals surface area contributed by atoms with Gasteiger partial charge in [-0.05, 0) is 76.9 Å². The molecule has 0 aliphatic rings. The third-order valence-corrected chi connectivity index (χ3v) is 9.16. The summed E-state index contributed by atoms with van der Waals surface area (Å²) in [4.78, 5) is 9.25. The van der Waals surface area contributed by atoms with Crippen LogP contribution < -0.4 is 4.90 Å². The van der Waals surface area contributed by atoms with Crippen molar-refractivity contribution in [1.29, 1.82) is 10.5 Å². The number of thiophene rings is 1. The van der Waals surface area contributed by atoms with Gasteiger partial charge in [-0.3, -0.25) is 9.69 Å². The summed E-state index contributed by atoms with van der Waals surface area (Å²) in [6, 6.07) is 46.1. The zero-order chi connectivity index (χ0) is 31.6. The quantitative estimate of drug-likeness (QED) is 0.184. The minimum absolute atomic E-state index is 0.344. The third kappa shape index (κ3) is 4.98. The number of anilines is 3. The number of rotatable bonds is 5. The standard InChI is InChI=1S/C40H21N5S/c1-43-36-19-14-30(23-37(36)44-2)28-10-15-32(16-11-28)45(38-8-5-7-35-34-6-3-4-9-39(34)46-40(35)38)33-17-12-29(13-18-33)31-21-26(24-41)20-27(22-31)25-42/h3-23H. The Labute approximate surface area is 270 Å². The molecule has 0 spiro atoms. The van der Waals surface area contributed by atoms with Gasteiger partial charge in [0, 0.05) is 26.8 Å². The average molecular weight is 604 g/mol. The van der Waals surface area contributed by atoms with Gasteiger partial charge in [-0.2, -0.15) is 10.5 Å². The summed E-state index contributed by atoms with van der Waals surface area (Å²) in [5.74, 6) is 0. The Hall–Kier alpha value is -6.70. The van der Waals surface area contributed by atoms with Gasteiger partial charge in [0.05, 0.1) is 46.8 Å². The lowest BCUT2D eigenvalue weighted by Crippen LogP contribution is -2.10. The van der Waals surface area contributed by atoms with Crippen molar-refractivity contribution in [3.05, 3.63) is 161 Å². The highest BCUT2D eigenvalue weighted by Gasteiger charge is 2.18. The van der Waals surface area contributed by atoms with E-state index >= 15 is 0 Å². The highest BCUT2D eigenvalue weighted by Crippen LogP contribution is 2.45. The van der Waals surface area contributed by atoms with Crippen LogP contribution in [0.1, 0.15) is 11.1 Å². The molecule has 0 saturated heterocycles. The van der Waals surface area contributed by atoms with Gasteiger partial charge >= 0.3 is 0 Å². The van der Waals surface area contributed by atoms with Gasteiger partial charge in [0.2, 0.25) is 0 Å². The van der Waals surface area contributed by atoms with E-state index in [0.717, 1.165) is 39.3 Å². The number of nitrogens with zero attached hydrogens (tertiary/aromatic N) is 5. The van der Waals surface area contributed by atoms with Crippen molar-refractivity contribution in [3.63, 3.8) is 0 Å². The first-order valence-corrected chi connectivity index (χ1v) is 15.2. The normalized spacial score (nSPS) is 10.5. The molecule has 0 saturated carbocycles. The predicted molar refractivity (Wildman–Crippen MR) is 187 cm³/mol. The molecular formula is C40H21N5S. The fourth-order valence-electron chi connectivity index (χ4n) is 5.75. The molecule has 6 heteroatoms. The van der Waals surface area contributed by atoms with Crippen molar-refractivity contribution in [2.24, 2.45) is 0 Å². The molecule has 0 aliphatic heterocycles. The lowest BCUT2D eigenvalue weighted by atomic mass is 10.00. The summed E-state index contributed by atoms with van der Waals surface area (Å²) in [5.41, 5.74) is 8.11. The van der Waals surface area contributed by atoms with E-state index in [1.807, 2.05) is 30.3 Å². The Kier molecular flexibility index (Phi) is 7.18. The van der Waals surface area contributed by atoms with Crippen molar-refractivity contribution < 1.29 is 0 Å². The van der Waals surface area contributed by atoms with Crippen LogP contribution in [0.4, 0.5) is 28.4 Å². The Morgan fingerprint density at radius 2 is 1.13 bits per heavy atom. The molecule has 0 aliphatic carbocycles. The average Bonchev–Trinajstić information content (AvgIpc) is 3.51. The van der Waals surface area contributed by atoms with Crippen molar-refractivity contribution in [1.82, 2.24) is 0 Å². The third-order valence-electron chi connectivity index (χ3n) is 7.95. The second kappa shape index (κ2) is 11.8. The van der Waals surface area contributed by atoms with Crippen LogP contribution >= 0.6 is 11.3 Å². The molecule has 1 aromatic heterocycles. The summed E-state index contributed by atoms with van der Waals surface area (Å²) in [5, 5.41) is 21.4. The minimum atomic E-state index is 0.344. The second-order valence-corrected chi connectivity index (χ2v) is 11.7. The molecule has 0 atom stereocenters. The monoisotopic (exact) mass is 603 g/mol.